The monoisotopic (exact) mass is 274 g/mol. The van der Waals surface area contributed by atoms with Gasteiger partial charge in [0.05, 0.1) is 18.3 Å². The van der Waals surface area contributed by atoms with Crippen LogP contribution in [-0.2, 0) is 5.54 Å². The van der Waals surface area contributed by atoms with Crippen molar-refractivity contribution in [2.45, 2.75) is 31.2 Å². The highest BCUT2D eigenvalue weighted by atomic mass is 16.5. The molecule has 6 heteroatoms. The lowest BCUT2D eigenvalue weighted by molar-refractivity contribution is 0.403. The number of benzene rings is 1. The second-order valence-electron chi connectivity index (χ2n) is 5.22. The van der Waals surface area contributed by atoms with E-state index in [0.29, 0.717) is 17.3 Å². The third-order valence-corrected chi connectivity index (χ3v) is 3.94. The number of hydrogen-bond donors (Lipinski definition) is 2. The Morgan fingerprint density at radius 1 is 1.35 bits per heavy atom. The maximum atomic E-state index is 12.1. The molecule has 2 aromatic rings. The predicted molar refractivity (Wildman–Crippen MR) is 75.1 cm³/mol. The molecule has 1 fully saturated rings. The van der Waals surface area contributed by atoms with E-state index in [1.807, 2.05) is 24.3 Å². The van der Waals surface area contributed by atoms with Crippen molar-refractivity contribution in [3.05, 3.63) is 40.6 Å². The number of para-hydroxylation sites is 2. The molecule has 1 aliphatic rings. The molecule has 1 saturated carbocycles. The maximum Gasteiger partial charge on any atom is 0.348 e. The Morgan fingerprint density at radius 2 is 2.05 bits per heavy atom. The first-order chi connectivity index (χ1) is 9.65. The Morgan fingerprint density at radius 3 is 2.75 bits per heavy atom. The molecule has 1 aliphatic carbocycles. The second-order valence-corrected chi connectivity index (χ2v) is 5.22. The molecule has 20 heavy (non-hydrogen) atoms. The van der Waals surface area contributed by atoms with Crippen LogP contribution >= 0.6 is 0 Å². The first kappa shape index (κ1) is 12.9. The van der Waals surface area contributed by atoms with Gasteiger partial charge in [-0.25, -0.2) is 14.5 Å². The molecule has 1 aromatic heterocycles. The summed E-state index contributed by atoms with van der Waals surface area (Å²) < 4.78 is 6.86. The van der Waals surface area contributed by atoms with Crippen LogP contribution in [0.4, 0.5) is 0 Å². The summed E-state index contributed by atoms with van der Waals surface area (Å²) in [6.07, 6.45) is 3.80. The van der Waals surface area contributed by atoms with Gasteiger partial charge in [-0.3, -0.25) is 0 Å². The zero-order valence-corrected chi connectivity index (χ0v) is 11.4. The number of H-pyrrole nitrogens is 1. The number of aromatic amines is 1. The molecule has 106 valence electrons. The van der Waals surface area contributed by atoms with Gasteiger partial charge in [0.25, 0.3) is 0 Å². The lowest BCUT2D eigenvalue weighted by Gasteiger charge is -2.23. The van der Waals surface area contributed by atoms with Crippen molar-refractivity contribution in [2.24, 2.45) is 5.73 Å². The molecule has 0 radical (unpaired) electrons. The van der Waals surface area contributed by atoms with Gasteiger partial charge < -0.3 is 10.5 Å². The molecule has 1 aromatic carbocycles. The Labute approximate surface area is 116 Å². The summed E-state index contributed by atoms with van der Waals surface area (Å²) in [7, 11) is 1.58. The van der Waals surface area contributed by atoms with E-state index in [1.165, 1.54) is 4.57 Å². The van der Waals surface area contributed by atoms with Crippen molar-refractivity contribution in [3.63, 3.8) is 0 Å². The fourth-order valence-electron chi connectivity index (χ4n) is 2.90. The number of aromatic nitrogens is 3. The van der Waals surface area contributed by atoms with E-state index in [1.54, 1.807) is 7.11 Å². The zero-order chi connectivity index (χ0) is 14.2. The highest BCUT2D eigenvalue weighted by molar-refractivity contribution is 5.47. The fourth-order valence-corrected chi connectivity index (χ4v) is 2.90. The van der Waals surface area contributed by atoms with Crippen molar-refractivity contribution in [1.29, 1.82) is 0 Å². The van der Waals surface area contributed by atoms with Gasteiger partial charge in [-0.1, -0.05) is 25.0 Å². The Bertz CT molecular complexity index is 668. The van der Waals surface area contributed by atoms with Crippen LogP contribution < -0.4 is 16.2 Å². The number of methoxy groups -OCH3 is 1. The van der Waals surface area contributed by atoms with Crippen LogP contribution in [0.15, 0.2) is 29.1 Å². The first-order valence-electron chi connectivity index (χ1n) is 6.76. The second kappa shape index (κ2) is 4.79. The van der Waals surface area contributed by atoms with Crippen LogP contribution in [0.5, 0.6) is 5.75 Å². The maximum absolute atomic E-state index is 12.1. The largest absolute Gasteiger partial charge is 0.495 e. The molecule has 0 atom stereocenters. The molecule has 6 nitrogen and oxygen atoms in total. The molecule has 0 unspecified atom stereocenters. The minimum absolute atomic E-state index is 0.291. The summed E-state index contributed by atoms with van der Waals surface area (Å²) in [4.78, 5) is 12.1. The van der Waals surface area contributed by atoms with Gasteiger partial charge >= 0.3 is 5.69 Å². The predicted octanol–water partition coefficient (Wildman–Crippen LogP) is 1.30. The standard InChI is InChI=1S/C14H18N4O2/c1-20-11-7-3-2-6-10(11)18-12(16-17-13(18)19)14(15)8-4-5-9-14/h2-3,6-7H,4-5,8-9,15H2,1H3,(H,17,19). The first-order valence-corrected chi connectivity index (χ1v) is 6.76. The third-order valence-electron chi connectivity index (χ3n) is 3.94. The normalized spacial score (nSPS) is 17.3. The smallest absolute Gasteiger partial charge is 0.348 e. The molecular formula is C14H18N4O2. The SMILES string of the molecule is COc1ccccc1-n1c(C2(N)CCCC2)n[nH]c1=O. The van der Waals surface area contributed by atoms with Gasteiger partial charge in [0.15, 0.2) is 5.82 Å². The lowest BCUT2D eigenvalue weighted by Crippen LogP contribution is -2.37. The van der Waals surface area contributed by atoms with Crippen molar-refractivity contribution >= 4 is 0 Å². The van der Waals surface area contributed by atoms with Crippen LogP contribution in [0.3, 0.4) is 0 Å². The van der Waals surface area contributed by atoms with Crippen molar-refractivity contribution < 1.29 is 4.74 Å². The van der Waals surface area contributed by atoms with Gasteiger partial charge in [-0.15, -0.1) is 0 Å². The molecule has 3 rings (SSSR count). The van der Waals surface area contributed by atoms with E-state index in [4.69, 9.17) is 10.5 Å². The van der Waals surface area contributed by atoms with Gasteiger partial charge in [0, 0.05) is 0 Å². The van der Waals surface area contributed by atoms with E-state index in [0.717, 1.165) is 25.7 Å². The summed E-state index contributed by atoms with van der Waals surface area (Å²) in [5, 5.41) is 6.68. The van der Waals surface area contributed by atoms with Crippen molar-refractivity contribution in [2.75, 3.05) is 7.11 Å². The number of hydrogen-bond acceptors (Lipinski definition) is 4. The summed E-state index contributed by atoms with van der Waals surface area (Å²) in [5.74, 6) is 1.21. The molecule has 0 bridgehead atoms. The summed E-state index contributed by atoms with van der Waals surface area (Å²) in [5.41, 5.74) is 6.28. The Kier molecular flexibility index (Phi) is 3.10. The summed E-state index contributed by atoms with van der Waals surface area (Å²) in [6, 6.07) is 7.37. The molecular weight excluding hydrogens is 256 g/mol. The van der Waals surface area contributed by atoms with Crippen LogP contribution in [-0.4, -0.2) is 21.9 Å². The minimum atomic E-state index is -0.542. The van der Waals surface area contributed by atoms with Crippen LogP contribution in [0, 0.1) is 0 Å². The van der Waals surface area contributed by atoms with Crippen LogP contribution in [0.1, 0.15) is 31.5 Å². The average Bonchev–Trinajstić information content (AvgIpc) is 3.06. The van der Waals surface area contributed by atoms with Crippen LogP contribution in [0.25, 0.3) is 5.69 Å². The van der Waals surface area contributed by atoms with E-state index in [9.17, 15) is 4.79 Å². The van der Waals surface area contributed by atoms with Gasteiger partial charge in [0.1, 0.15) is 5.75 Å². The molecule has 3 N–H and O–H groups in total. The number of nitrogens with one attached hydrogen (secondary N) is 1. The van der Waals surface area contributed by atoms with Crippen molar-refractivity contribution in [1.82, 2.24) is 14.8 Å². The molecule has 0 aliphatic heterocycles. The van der Waals surface area contributed by atoms with E-state index in [-0.39, 0.29) is 5.69 Å². The molecule has 1 heterocycles. The number of nitrogens with zero attached hydrogens (tertiary/aromatic N) is 2. The van der Waals surface area contributed by atoms with Gasteiger partial charge in [-0.05, 0) is 25.0 Å². The van der Waals surface area contributed by atoms with E-state index >= 15 is 0 Å². The topological polar surface area (TPSA) is 85.9 Å². The average molecular weight is 274 g/mol. The van der Waals surface area contributed by atoms with Gasteiger partial charge in [-0.2, -0.15) is 5.10 Å². The third kappa shape index (κ3) is 1.92. The molecule has 0 spiro atoms. The molecule has 0 amide bonds. The Hall–Kier alpha value is -2.08. The van der Waals surface area contributed by atoms with Crippen molar-refractivity contribution in [3.8, 4) is 11.4 Å². The lowest BCUT2D eigenvalue weighted by atomic mass is 9.98. The highest BCUT2D eigenvalue weighted by Crippen LogP contribution is 2.36. The number of rotatable bonds is 3. The Balaban J connectivity index is 2.19. The van der Waals surface area contributed by atoms with E-state index in [2.05, 4.69) is 10.2 Å². The number of nitrogens with two attached hydrogens (primary N) is 1. The highest BCUT2D eigenvalue weighted by Gasteiger charge is 2.37. The fraction of sp³-hybridized carbons (Fsp3) is 0.429. The number of ether oxygens (including phenoxy) is 1. The zero-order valence-electron chi connectivity index (χ0n) is 11.4. The molecule has 0 saturated heterocycles. The van der Waals surface area contributed by atoms with E-state index < -0.39 is 5.54 Å². The summed E-state index contributed by atoms with van der Waals surface area (Å²) in [6.45, 7) is 0. The summed E-state index contributed by atoms with van der Waals surface area (Å²) >= 11 is 0. The van der Waals surface area contributed by atoms with Crippen LogP contribution in [0.2, 0.25) is 0 Å². The van der Waals surface area contributed by atoms with Gasteiger partial charge in [0.2, 0.25) is 0 Å². The quantitative estimate of drug-likeness (QED) is 0.883. The minimum Gasteiger partial charge on any atom is -0.495 e.